The van der Waals surface area contributed by atoms with E-state index < -0.39 is 5.97 Å². The summed E-state index contributed by atoms with van der Waals surface area (Å²) < 4.78 is 0. The van der Waals surface area contributed by atoms with Crippen LogP contribution in [0.4, 0.5) is 11.4 Å². The highest BCUT2D eigenvalue weighted by Crippen LogP contribution is 2.14. The van der Waals surface area contributed by atoms with Crippen molar-refractivity contribution < 1.29 is 9.90 Å². The first-order valence-electron chi connectivity index (χ1n) is 7.91. The van der Waals surface area contributed by atoms with Crippen molar-refractivity contribution in [3.8, 4) is 0 Å². The molecule has 0 unspecified atom stereocenters. The van der Waals surface area contributed by atoms with E-state index in [-0.39, 0.29) is 11.4 Å². The summed E-state index contributed by atoms with van der Waals surface area (Å²) in [6.07, 6.45) is 0. The second-order valence-electron chi connectivity index (χ2n) is 5.33. The molecule has 2 N–H and O–H groups in total. The van der Waals surface area contributed by atoms with Gasteiger partial charge in [-0.15, -0.1) is 10.2 Å². The Morgan fingerprint density at radius 2 is 1.46 bits per heavy atom. The zero-order valence-corrected chi connectivity index (χ0v) is 13.8. The Morgan fingerprint density at radius 3 is 2.15 bits per heavy atom. The number of nitrogens with one attached hydrogen (secondary N) is 1. The molecule has 0 aliphatic heterocycles. The minimum Gasteiger partial charge on any atom is -0.478 e. The Morgan fingerprint density at radius 1 is 0.808 bits per heavy atom. The van der Waals surface area contributed by atoms with Gasteiger partial charge in [0.2, 0.25) is 5.84 Å². The molecule has 0 spiro atoms. The lowest BCUT2D eigenvalue weighted by atomic mass is 10.1. The van der Waals surface area contributed by atoms with E-state index in [4.69, 9.17) is 0 Å². The van der Waals surface area contributed by atoms with Gasteiger partial charge in [-0.2, -0.15) is 5.10 Å². The number of nitrogens with zero attached hydrogens (tertiary/aromatic N) is 3. The molecule has 0 heterocycles. The zero-order valence-electron chi connectivity index (χ0n) is 13.8. The second kappa shape index (κ2) is 8.34. The van der Waals surface area contributed by atoms with Crippen LogP contribution in [-0.4, -0.2) is 16.9 Å². The number of carbonyl (C=O) groups is 1. The van der Waals surface area contributed by atoms with E-state index in [2.05, 4.69) is 20.8 Å². The molecule has 0 amide bonds. The fourth-order valence-corrected chi connectivity index (χ4v) is 2.17. The summed E-state index contributed by atoms with van der Waals surface area (Å²) in [6.45, 7) is 0. The second-order valence-corrected chi connectivity index (χ2v) is 5.33. The third kappa shape index (κ3) is 4.61. The van der Waals surface area contributed by atoms with Gasteiger partial charge in [-0.3, -0.25) is 5.43 Å². The van der Waals surface area contributed by atoms with Crippen molar-refractivity contribution in [2.45, 2.75) is 0 Å². The Kier molecular flexibility index (Phi) is 5.47. The number of aromatic carboxylic acids is 1. The molecule has 26 heavy (non-hydrogen) atoms. The third-order valence-electron chi connectivity index (χ3n) is 3.45. The number of carboxylic acid groups (broad SMARTS) is 1. The molecular formula is C20H16N4O2. The summed E-state index contributed by atoms with van der Waals surface area (Å²) in [5, 5.41) is 21.9. The van der Waals surface area contributed by atoms with Crippen molar-refractivity contribution in [2.24, 2.45) is 15.3 Å². The lowest BCUT2D eigenvalue weighted by Gasteiger charge is -2.04. The summed E-state index contributed by atoms with van der Waals surface area (Å²) in [4.78, 5) is 11.2. The first kappa shape index (κ1) is 17.0. The molecule has 0 saturated heterocycles. The number of hydrazone groups is 1. The van der Waals surface area contributed by atoms with Crippen molar-refractivity contribution in [3.05, 3.63) is 96.1 Å². The molecule has 6 heteroatoms. The quantitative estimate of drug-likeness (QED) is 0.297. The number of anilines is 1. The van der Waals surface area contributed by atoms with Gasteiger partial charge in [0.25, 0.3) is 0 Å². The molecule has 0 bridgehead atoms. The summed E-state index contributed by atoms with van der Waals surface area (Å²) in [6, 6.07) is 25.1. The number of rotatable bonds is 5. The fraction of sp³-hybridized carbons (Fsp3) is 0. The van der Waals surface area contributed by atoms with Gasteiger partial charge < -0.3 is 5.11 Å². The molecule has 6 nitrogen and oxygen atoms in total. The molecule has 0 aromatic heterocycles. The van der Waals surface area contributed by atoms with Gasteiger partial charge in [-0.25, -0.2) is 4.79 Å². The molecule has 0 aliphatic rings. The van der Waals surface area contributed by atoms with Crippen molar-refractivity contribution in [2.75, 3.05) is 5.43 Å². The standard InChI is InChI=1S/C20H16N4O2/c25-20(26)16-9-7-8-15(14-16)19(23-21-17-10-3-1-4-11-17)24-22-18-12-5-2-6-13-18/h1-14,21H,(H,25,26)/b23-19+,24-22?. The molecule has 0 saturated carbocycles. The first-order valence-corrected chi connectivity index (χ1v) is 7.91. The van der Waals surface area contributed by atoms with Crippen molar-refractivity contribution in [1.29, 1.82) is 0 Å². The smallest absolute Gasteiger partial charge is 0.335 e. The van der Waals surface area contributed by atoms with Gasteiger partial charge in [0.1, 0.15) is 0 Å². The van der Waals surface area contributed by atoms with E-state index in [1.165, 1.54) is 12.1 Å². The number of para-hydroxylation sites is 1. The lowest BCUT2D eigenvalue weighted by Crippen LogP contribution is -2.04. The maximum absolute atomic E-state index is 11.2. The topological polar surface area (TPSA) is 86.4 Å². The maximum Gasteiger partial charge on any atom is 0.335 e. The number of benzene rings is 3. The van der Waals surface area contributed by atoms with E-state index in [0.717, 1.165) is 5.69 Å². The van der Waals surface area contributed by atoms with Gasteiger partial charge in [-0.1, -0.05) is 48.5 Å². The monoisotopic (exact) mass is 344 g/mol. The first-order chi connectivity index (χ1) is 12.7. The van der Waals surface area contributed by atoms with Crippen LogP contribution in [0.3, 0.4) is 0 Å². The van der Waals surface area contributed by atoms with Crippen LogP contribution in [0.2, 0.25) is 0 Å². The van der Waals surface area contributed by atoms with E-state index in [1.807, 2.05) is 60.7 Å². The highest BCUT2D eigenvalue weighted by molar-refractivity contribution is 6.01. The molecule has 3 rings (SSSR count). The maximum atomic E-state index is 11.2. The van der Waals surface area contributed by atoms with Crippen LogP contribution in [0.15, 0.2) is 100 Å². The lowest BCUT2D eigenvalue weighted by molar-refractivity contribution is 0.0697. The van der Waals surface area contributed by atoms with E-state index in [1.54, 1.807) is 12.1 Å². The third-order valence-corrected chi connectivity index (χ3v) is 3.45. The fourth-order valence-electron chi connectivity index (χ4n) is 2.17. The van der Waals surface area contributed by atoms with Crippen LogP contribution in [0.25, 0.3) is 0 Å². The zero-order chi connectivity index (χ0) is 18.2. The van der Waals surface area contributed by atoms with Crippen molar-refractivity contribution in [1.82, 2.24) is 0 Å². The molecular weight excluding hydrogens is 328 g/mol. The Balaban J connectivity index is 1.94. The van der Waals surface area contributed by atoms with Crippen LogP contribution in [0, 0.1) is 0 Å². The van der Waals surface area contributed by atoms with Crippen molar-refractivity contribution in [3.63, 3.8) is 0 Å². The molecule has 0 radical (unpaired) electrons. The average Bonchev–Trinajstić information content (AvgIpc) is 2.69. The van der Waals surface area contributed by atoms with Crippen LogP contribution in [-0.2, 0) is 0 Å². The molecule has 0 fully saturated rings. The SMILES string of the molecule is O=C(O)c1cccc(/C(N=Nc2ccccc2)=N\Nc2ccccc2)c1. The predicted molar refractivity (Wildman–Crippen MR) is 101 cm³/mol. The van der Waals surface area contributed by atoms with Crippen molar-refractivity contribution >= 4 is 23.2 Å². The minimum atomic E-state index is -1.01. The molecule has 128 valence electrons. The highest BCUT2D eigenvalue weighted by atomic mass is 16.4. The minimum absolute atomic E-state index is 0.157. The molecule has 3 aromatic rings. The van der Waals surface area contributed by atoms with Crippen LogP contribution >= 0.6 is 0 Å². The highest BCUT2D eigenvalue weighted by Gasteiger charge is 2.08. The van der Waals surface area contributed by atoms with E-state index in [9.17, 15) is 9.90 Å². The summed E-state index contributed by atoms with van der Waals surface area (Å²) in [5.41, 5.74) is 5.08. The predicted octanol–water partition coefficient (Wildman–Crippen LogP) is 4.94. The van der Waals surface area contributed by atoms with Crippen LogP contribution in [0.5, 0.6) is 0 Å². The number of azo groups is 1. The van der Waals surface area contributed by atoms with E-state index in [0.29, 0.717) is 11.3 Å². The molecule has 3 aromatic carbocycles. The Bertz CT molecular complexity index is 938. The summed E-state index contributed by atoms with van der Waals surface area (Å²) in [7, 11) is 0. The Hall–Kier alpha value is -3.80. The summed E-state index contributed by atoms with van der Waals surface area (Å²) in [5.74, 6) is -0.733. The van der Waals surface area contributed by atoms with Crippen LogP contribution < -0.4 is 5.43 Å². The number of amidine groups is 1. The number of hydrogen-bond donors (Lipinski definition) is 2. The molecule has 0 aliphatic carbocycles. The van der Waals surface area contributed by atoms with Gasteiger partial charge >= 0.3 is 5.97 Å². The largest absolute Gasteiger partial charge is 0.478 e. The summed E-state index contributed by atoms with van der Waals surface area (Å²) >= 11 is 0. The molecule has 0 atom stereocenters. The average molecular weight is 344 g/mol. The van der Waals surface area contributed by atoms with Gasteiger partial charge in [0.15, 0.2) is 0 Å². The van der Waals surface area contributed by atoms with Gasteiger partial charge in [0.05, 0.1) is 16.9 Å². The van der Waals surface area contributed by atoms with E-state index >= 15 is 0 Å². The number of carboxylic acids is 1. The van der Waals surface area contributed by atoms with Gasteiger partial charge in [0, 0.05) is 5.56 Å². The van der Waals surface area contributed by atoms with Crippen LogP contribution in [0.1, 0.15) is 15.9 Å². The van der Waals surface area contributed by atoms with Gasteiger partial charge in [-0.05, 0) is 36.4 Å². The normalized spacial score (nSPS) is 11.5. The Labute approximate surface area is 150 Å². The number of hydrogen-bond acceptors (Lipinski definition) is 4.